The Labute approximate surface area is 178 Å². The Bertz CT molecular complexity index is 1030. The van der Waals surface area contributed by atoms with Crippen LogP contribution in [-0.4, -0.2) is 49.5 Å². The second-order valence-electron chi connectivity index (χ2n) is 7.31. The van der Waals surface area contributed by atoms with Gasteiger partial charge in [0.15, 0.2) is 6.61 Å². The number of hydrogen-bond donors (Lipinski definition) is 2. The fourth-order valence-electron chi connectivity index (χ4n) is 2.83. The Kier molecular flexibility index (Phi) is 6.49. The minimum Gasteiger partial charge on any atom is -0.452 e. The van der Waals surface area contributed by atoms with E-state index in [2.05, 4.69) is 10.6 Å². The molecule has 0 unspecified atom stereocenters. The first-order valence-electron chi connectivity index (χ1n) is 9.58. The zero-order valence-corrected chi connectivity index (χ0v) is 17.1. The first-order chi connectivity index (χ1) is 14.7. The predicted molar refractivity (Wildman–Crippen MR) is 113 cm³/mol. The third-order valence-corrected chi connectivity index (χ3v) is 4.55. The molecule has 10 nitrogen and oxygen atoms in total. The number of nitrogens with zero attached hydrogens (tertiary/aromatic N) is 2. The standard InChI is InChI=1S/C21H22N4O6/c1-24(2)18-9-8-16(25(29)30)11-17(18)21(28)31-12-19(26)22-15-5-3-4-13(10-15)20(27)23-14-6-7-14/h3-5,8-11,14H,6-7,12H2,1-2H3,(H,22,26)(H,23,27). The number of ether oxygens (including phenoxy) is 1. The lowest BCUT2D eigenvalue weighted by atomic mass is 10.1. The van der Waals surface area contributed by atoms with Crippen molar-refractivity contribution < 1.29 is 24.0 Å². The van der Waals surface area contributed by atoms with Crippen LogP contribution in [0.2, 0.25) is 0 Å². The quantitative estimate of drug-likeness (QED) is 0.376. The molecule has 0 aromatic heterocycles. The van der Waals surface area contributed by atoms with Crippen molar-refractivity contribution in [2.45, 2.75) is 18.9 Å². The number of non-ortho nitro benzene ring substituents is 1. The maximum atomic E-state index is 12.4. The molecule has 0 bridgehead atoms. The molecule has 2 amide bonds. The largest absolute Gasteiger partial charge is 0.452 e. The lowest BCUT2D eigenvalue weighted by molar-refractivity contribution is -0.384. The van der Waals surface area contributed by atoms with Crippen molar-refractivity contribution in [2.75, 3.05) is 30.9 Å². The van der Waals surface area contributed by atoms with Gasteiger partial charge in [0.05, 0.1) is 16.2 Å². The number of hydrogen-bond acceptors (Lipinski definition) is 7. The van der Waals surface area contributed by atoms with E-state index in [1.165, 1.54) is 18.2 Å². The van der Waals surface area contributed by atoms with Gasteiger partial charge in [-0.2, -0.15) is 0 Å². The lowest BCUT2D eigenvalue weighted by Crippen LogP contribution is -2.25. The fourth-order valence-corrected chi connectivity index (χ4v) is 2.83. The molecule has 0 aliphatic heterocycles. The molecule has 0 atom stereocenters. The molecule has 3 rings (SSSR count). The molecule has 31 heavy (non-hydrogen) atoms. The summed E-state index contributed by atoms with van der Waals surface area (Å²) in [5.74, 6) is -1.68. The summed E-state index contributed by atoms with van der Waals surface area (Å²) in [7, 11) is 3.36. The number of amides is 2. The van der Waals surface area contributed by atoms with Crippen molar-refractivity contribution in [3.05, 3.63) is 63.7 Å². The van der Waals surface area contributed by atoms with E-state index in [0.29, 0.717) is 16.9 Å². The molecule has 1 aliphatic carbocycles. The molecular formula is C21H22N4O6. The maximum absolute atomic E-state index is 12.4. The van der Waals surface area contributed by atoms with Gasteiger partial charge >= 0.3 is 5.97 Å². The SMILES string of the molecule is CN(C)c1ccc([N+](=O)[O-])cc1C(=O)OCC(=O)Nc1cccc(C(=O)NC2CC2)c1. The zero-order valence-electron chi connectivity index (χ0n) is 17.1. The second-order valence-corrected chi connectivity index (χ2v) is 7.31. The summed E-state index contributed by atoms with van der Waals surface area (Å²) in [4.78, 5) is 48.8. The summed E-state index contributed by atoms with van der Waals surface area (Å²) in [5, 5.41) is 16.4. The third kappa shape index (κ3) is 5.78. The van der Waals surface area contributed by atoms with Crippen molar-refractivity contribution >= 4 is 34.8 Å². The molecule has 1 saturated carbocycles. The Morgan fingerprint density at radius 1 is 1.16 bits per heavy atom. The van der Waals surface area contributed by atoms with Crippen LogP contribution < -0.4 is 15.5 Å². The third-order valence-electron chi connectivity index (χ3n) is 4.55. The second kappa shape index (κ2) is 9.24. The number of nitro groups is 1. The van der Waals surface area contributed by atoms with Gasteiger partial charge in [-0.25, -0.2) is 4.79 Å². The summed E-state index contributed by atoms with van der Waals surface area (Å²) in [6.45, 7) is -0.590. The summed E-state index contributed by atoms with van der Waals surface area (Å²) >= 11 is 0. The van der Waals surface area contributed by atoms with Crippen LogP contribution in [0.5, 0.6) is 0 Å². The highest BCUT2D eigenvalue weighted by Gasteiger charge is 2.24. The van der Waals surface area contributed by atoms with Crippen molar-refractivity contribution in [3.63, 3.8) is 0 Å². The number of rotatable bonds is 8. The van der Waals surface area contributed by atoms with Gasteiger partial charge in [-0.05, 0) is 37.1 Å². The Morgan fingerprint density at radius 3 is 2.55 bits per heavy atom. The summed E-state index contributed by atoms with van der Waals surface area (Å²) in [6.07, 6.45) is 1.93. The van der Waals surface area contributed by atoms with Crippen LogP contribution in [0.3, 0.4) is 0 Å². The monoisotopic (exact) mass is 426 g/mol. The van der Waals surface area contributed by atoms with Crippen LogP contribution in [0.4, 0.5) is 17.1 Å². The smallest absolute Gasteiger partial charge is 0.341 e. The van der Waals surface area contributed by atoms with Crippen LogP contribution in [0.25, 0.3) is 0 Å². The van der Waals surface area contributed by atoms with Crippen LogP contribution in [0, 0.1) is 10.1 Å². The molecule has 0 radical (unpaired) electrons. The predicted octanol–water partition coefficient (Wildman–Crippen LogP) is 2.35. The Hall–Kier alpha value is -3.95. The van der Waals surface area contributed by atoms with Gasteiger partial charge < -0.3 is 20.3 Å². The number of carbonyl (C=O) groups excluding carboxylic acids is 3. The lowest BCUT2D eigenvalue weighted by Gasteiger charge is -2.16. The van der Waals surface area contributed by atoms with E-state index in [9.17, 15) is 24.5 Å². The number of carbonyl (C=O) groups is 3. The van der Waals surface area contributed by atoms with Crippen molar-refractivity contribution in [3.8, 4) is 0 Å². The summed E-state index contributed by atoms with van der Waals surface area (Å²) in [5.41, 5.74) is 0.933. The number of benzene rings is 2. The van der Waals surface area contributed by atoms with E-state index in [1.54, 1.807) is 37.2 Å². The minimum absolute atomic E-state index is 0.0225. The van der Waals surface area contributed by atoms with Crippen LogP contribution in [0.1, 0.15) is 33.6 Å². The molecule has 2 aromatic carbocycles. The molecule has 2 aromatic rings. The van der Waals surface area contributed by atoms with E-state index in [1.807, 2.05) is 0 Å². The van der Waals surface area contributed by atoms with E-state index >= 15 is 0 Å². The zero-order chi connectivity index (χ0) is 22.5. The number of anilines is 2. The maximum Gasteiger partial charge on any atom is 0.341 e. The van der Waals surface area contributed by atoms with Crippen LogP contribution in [0.15, 0.2) is 42.5 Å². The molecule has 1 fully saturated rings. The van der Waals surface area contributed by atoms with E-state index in [-0.39, 0.29) is 23.2 Å². The molecular weight excluding hydrogens is 404 g/mol. The van der Waals surface area contributed by atoms with Gasteiger partial charge in [0.25, 0.3) is 17.5 Å². The van der Waals surface area contributed by atoms with Gasteiger partial charge in [0, 0.05) is 43.5 Å². The first kappa shape index (κ1) is 21.8. The van der Waals surface area contributed by atoms with E-state index in [0.717, 1.165) is 18.9 Å². The highest BCUT2D eigenvalue weighted by Crippen LogP contribution is 2.25. The highest BCUT2D eigenvalue weighted by atomic mass is 16.6. The van der Waals surface area contributed by atoms with E-state index in [4.69, 9.17) is 4.74 Å². The molecule has 0 spiro atoms. The number of nitro benzene ring substituents is 1. The van der Waals surface area contributed by atoms with Gasteiger partial charge in [-0.1, -0.05) is 6.07 Å². The average Bonchev–Trinajstić information content (AvgIpc) is 3.55. The van der Waals surface area contributed by atoms with Gasteiger partial charge in [-0.3, -0.25) is 19.7 Å². The molecule has 10 heteroatoms. The minimum atomic E-state index is -0.861. The molecule has 1 aliphatic rings. The number of nitrogens with one attached hydrogen (secondary N) is 2. The number of esters is 1. The molecule has 162 valence electrons. The Morgan fingerprint density at radius 2 is 1.90 bits per heavy atom. The first-order valence-corrected chi connectivity index (χ1v) is 9.58. The van der Waals surface area contributed by atoms with Crippen molar-refractivity contribution in [1.82, 2.24) is 5.32 Å². The normalized spacial score (nSPS) is 12.6. The molecule has 2 N–H and O–H groups in total. The molecule has 0 heterocycles. The summed E-state index contributed by atoms with van der Waals surface area (Å²) < 4.78 is 5.05. The summed E-state index contributed by atoms with van der Waals surface area (Å²) in [6, 6.07) is 10.5. The van der Waals surface area contributed by atoms with Gasteiger partial charge in [0.1, 0.15) is 0 Å². The molecule has 0 saturated heterocycles. The van der Waals surface area contributed by atoms with E-state index < -0.39 is 23.4 Å². The topological polar surface area (TPSA) is 131 Å². The van der Waals surface area contributed by atoms with Gasteiger partial charge in [0.2, 0.25) is 0 Å². The van der Waals surface area contributed by atoms with Crippen LogP contribution in [-0.2, 0) is 9.53 Å². The highest BCUT2D eigenvalue weighted by molar-refractivity contribution is 6.00. The average molecular weight is 426 g/mol. The Balaban J connectivity index is 1.62. The fraction of sp³-hybridized carbons (Fsp3) is 0.286. The van der Waals surface area contributed by atoms with Crippen molar-refractivity contribution in [1.29, 1.82) is 0 Å². The van der Waals surface area contributed by atoms with Crippen LogP contribution >= 0.6 is 0 Å². The van der Waals surface area contributed by atoms with Gasteiger partial charge in [-0.15, -0.1) is 0 Å². The van der Waals surface area contributed by atoms with Crippen molar-refractivity contribution in [2.24, 2.45) is 0 Å².